The molecule has 0 unspecified atom stereocenters. The van der Waals surface area contributed by atoms with Crippen LogP contribution in [-0.4, -0.2) is 24.1 Å². The van der Waals surface area contributed by atoms with E-state index in [1.165, 1.54) is 0 Å². The van der Waals surface area contributed by atoms with E-state index in [4.69, 9.17) is 5.73 Å². The van der Waals surface area contributed by atoms with Crippen LogP contribution >= 0.6 is 0 Å². The molecule has 0 radical (unpaired) electrons. The number of rotatable bonds is 6. The van der Waals surface area contributed by atoms with Crippen molar-refractivity contribution in [3.63, 3.8) is 0 Å². The van der Waals surface area contributed by atoms with Crippen LogP contribution in [0.3, 0.4) is 0 Å². The SMILES string of the molecule is Cc1cccc(N(C(N)=O)N(CC(C)C)CC(C)C)c1. The molecule has 0 saturated carbocycles. The van der Waals surface area contributed by atoms with Crippen LogP contribution in [0.4, 0.5) is 10.5 Å². The largest absolute Gasteiger partial charge is 0.350 e. The van der Waals surface area contributed by atoms with Gasteiger partial charge in [0.1, 0.15) is 0 Å². The highest BCUT2D eigenvalue weighted by Crippen LogP contribution is 2.20. The molecule has 4 nitrogen and oxygen atoms in total. The lowest BCUT2D eigenvalue weighted by molar-refractivity contribution is 0.191. The summed E-state index contributed by atoms with van der Waals surface area (Å²) in [6.45, 7) is 12.2. The third-order valence-electron chi connectivity index (χ3n) is 2.89. The number of primary amides is 1. The smallest absolute Gasteiger partial charge is 0.334 e. The number of amides is 2. The van der Waals surface area contributed by atoms with E-state index < -0.39 is 6.03 Å². The summed E-state index contributed by atoms with van der Waals surface area (Å²) in [7, 11) is 0. The van der Waals surface area contributed by atoms with Gasteiger partial charge in [-0.05, 0) is 36.5 Å². The summed E-state index contributed by atoms with van der Waals surface area (Å²) in [5.74, 6) is 0.917. The monoisotopic (exact) mass is 277 g/mol. The van der Waals surface area contributed by atoms with Crippen molar-refractivity contribution in [1.29, 1.82) is 0 Å². The fraction of sp³-hybridized carbons (Fsp3) is 0.562. The Morgan fingerprint density at radius 1 is 1.15 bits per heavy atom. The third kappa shape index (κ3) is 4.85. The normalized spacial score (nSPS) is 11.4. The molecule has 0 heterocycles. The molecule has 112 valence electrons. The van der Waals surface area contributed by atoms with Gasteiger partial charge >= 0.3 is 6.03 Å². The van der Waals surface area contributed by atoms with E-state index in [1.807, 2.05) is 36.2 Å². The maximum absolute atomic E-state index is 11.9. The van der Waals surface area contributed by atoms with E-state index >= 15 is 0 Å². The van der Waals surface area contributed by atoms with Gasteiger partial charge in [0, 0.05) is 13.1 Å². The fourth-order valence-electron chi connectivity index (χ4n) is 2.27. The molecule has 0 saturated heterocycles. The molecule has 0 spiro atoms. The van der Waals surface area contributed by atoms with Crippen molar-refractivity contribution in [3.05, 3.63) is 29.8 Å². The first-order valence-electron chi connectivity index (χ1n) is 7.22. The maximum atomic E-state index is 11.9. The molecule has 0 fully saturated rings. The van der Waals surface area contributed by atoms with Crippen molar-refractivity contribution in [2.24, 2.45) is 17.6 Å². The standard InChI is InChI=1S/C16H27N3O/c1-12(2)10-18(11-13(3)4)19(16(17)20)15-8-6-7-14(5)9-15/h6-9,12-13H,10-11H2,1-5H3,(H2,17,20). The van der Waals surface area contributed by atoms with Gasteiger partial charge in [0.25, 0.3) is 0 Å². The Hall–Kier alpha value is -1.55. The molecule has 2 N–H and O–H groups in total. The van der Waals surface area contributed by atoms with Crippen molar-refractivity contribution in [1.82, 2.24) is 5.01 Å². The molecule has 1 aromatic carbocycles. The maximum Gasteiger partial charge on any atom is 0.334 e. The number of hydrazine groups is 1. The summed E-state index contributed by atoms with van der Waals surface area (Å²) in [5.41, 5.74) is 7.56. The average molecular weight is 277 g/mol. The number of hydrogen-bond acceptors (Lipinski definition) is 2. The van der Waals surface area contributed by atoms with Crippen LogP contribution < -0.4 is 10.7 Å². The highest BCUT2D eigenvalue weighted by atomic mass is 16.2. The van der Waals surface area contributed by atoms with Crippen LogP contribution in [0.2, 0.25) is 0 Å². The molecule has 1 aromatic rings. The Kier molecular flexibility index (Phi) is 6.02. The van der Waals surface area contributed by atoms with Gasteiger partial charge in [0.15, 0.2) is 0 Å². The van der Waals surface area contributed by atoms with Crippen LogP contribution in [0.1, 0.15) is 33.3 Å². The minimum Gasteiger partial charge on any atom is -0.350 e. The second-order valence-electron chi connectivity index (χ2n) is 6.15. The van der Waals surface area contributed by atoms with E-state index in [-0.39, 0.29) is 0 Å². The number of hydrogen-bond donors (Lipinski definition) is 1. The van der Waals surface area contributed by atoms with Gasteiger partial charge in [-0.3, -0.25) is 0 Å². The van der Waals surface area contributed by atoms with E-state index in [0.717, 1.165) is 24.3 Å². The van der Waals surface area contributed by atoms with Crippen LogP contribution in [0.15, 0.2) is 24.3 Å². The highest BCUT2D eigenvalue weighted by molar-refractivity contribution is 5.89. The van der Waals surface area contributed by atoms with Gasteiger partial charge in [-0.1, -0.05) is 39.8 Å². The van der Waals surface area contributed by atoms with E-state index in [2.05, 4.69) is 27.7 Å². The Balaban J connectivity index is 3.10. The predicted molar refractivity (Wildman–Crippen MR) is 84.5 cm³/mol. The van der Waals surface area contributed by atoms with Gasteiger partial charge in [0.05, 0.1) is 5.69 Å². The summed E-state index contributed by atoms with van der Waals surface area (Å²) in [6, 6.07) is 7.43. The fourth-order valence-corrected chi connectivity index (χ4v) is 2.27. The van der Waals surface area contributed by atoms with Gasteiger partial charge < -0.3 is 5.73 Å². The summed E-state index contributed by atoms with van der Waals surface area (Å²) >= 11 is 0. The van der Waals surface area contributed by atoms with Gasteiger partial charge in [0.2, 0.25) is 0 Å². The van der Waals surface area contributed by atoms with E-state index in [9.17, 15) is 4.79 Å². The highest BCUT2D eigenvalue weighted by Gasteiger charge is 2.22. The number of anilines is 1. The Morgan fingerprint density at radius 2 is 1.70 bits per heavy atom. The zero-order valence-electron chi connectivity index (χ0n) is 13.3. The molecule has 0 atom stereocenters. The minimum atomic E-state index is -0.433. The van der Waals surface area contributed by atoms with Crippen molar-refractivity contribution in [2.45, 2.75) is 34.6 Å². The number of nitrogens with zero attached hydrogens (tertiary/aromatic N) is 2. The molecule has 2 amide bonds. The first kappa shape index (κ1) is 16.5. The predicted octanol–water partition coefficient (Wildman–Crippen LogP) is 3.41. The van der Waals surface area contributed by atoms with Crippen LogP contribution in [0, 0.1) is 18.8 Å². The number of benzene rings is 1. The molecule has 1 rings (SSSR count). The number of carbonyl (C=O) groups excluding carboxylic acids is 1. The number of urea groups is 1. The van der Waals surface area contributed by atoms with Crippen molar-refractivity contribution >= 4 is 11.7 Å². The lowest BCUT2D eigenvalue weighted by atomic mass is 10.1. The van der Waals surface area contributed by atoms with Crippen molar-refractivity contribution in [2.75, 3.05) is 18.1 Å². The van der Waals surface area contributed by atoms with E-state index in [0.29, 0.717) is 11.8 Å². The Labute approximate surface area is 122 Å². The molecule has 0 aliphatic heterocycles. The lowest BCUT2D eigenvalue weighted by Gasteiger charge is -2.36. The number of aryl methyl sites for hydroxylation is 1. The summed E-state index contributed by atoms with van der Waals surface area (Å²) in [6.07, 6.45) is 0. The second kappa shape index (κ2) is 7.29. The molecule has 4 heteroatoms. The Bertz CT molecular complexity index is 433. The molecule has 0 bridgehead atoms. The summed E-state index contributed by atoms with van der Waals surface area (Å²) in [5, 5.41) is 3.65. The zero-order chi connectivity index (χ0) is 15.3. The quantitative estimate of drug-likeness (QED) is 0.810. The molecule has 20 heavy (non-hydrogen) atoms. The van der Waals surface area contributed by atoms with Crippen LogP contribution in [0.5, 0.6) is 0 Å². The topological polar surface area (TPSA) is 49.6 Å². The first-order valence-corrected chi connectivity index (χ1v) is 7.22. The average Bonchev–Trinajstić information content (AvgIpc) is 2.26. The van der Waals surface area contributed by atoms with Gasteiger partial charge in [-0.15, -0.1) is 0 Å². The van der Waals surface area contributed by atoms with Gasteiger partial charge in [-0.2, -0.15) is 0 Å². The molecule has 0 aliphatic carbocycles. The summed E-state index contributed by atoms with van der Waals surface area (Å²) < 4.78 is 0. The third-order valence-corrected chi connectivity index (χ3v) is 2.89. The molecular formula is C16H27N3O. The van der Waals surface area contributed by atoms with Crippen molar-refractivity contribution < 1.29 is 4.79 Å². The van der Waals surface area contributed by atoms with Crippen LogP contribution in [-0.2, 0) is 0 Å². The summed E-state index contributed by atoms with van der Waals surface area (Å²) in [4.78, 5) is 11.9. The van der Waals surface area contributed by atoms with E-state index in [1.54, 1.807) is 5.01 Å². The molecule has 0 aromatic heterocycles. The number of nitrogens with two attached hydrogens (primary N) is 1. The zero-order valence-corrected chi connectivity index (χ0v) is 13.3. The first-order chi connectivity index (χ1) is 9.31. The van der Waals surface area contributed by atoms with Crippen LogP contribution in [0.25, 0.3) is 0 Å². The minimum absolute atomic E-state index is 0.433. The van der Waals surface area contributed by atoms with Crippen molar-refractivity contribution in [3.8, 4) is 0 Å². The lowest BCUT2D eigenvalue weighted by Crippen LogP contribution is -2.52. The molecule has 0 aliphatic rings. The van der Waals surface area contributed by atoms with Gasteiger partial charge in [-0.25, -0.2) is 14.8 Å². The second-order valence-corrected chi connectivity index (χ2v) is 6.15. The Morgan fingerprint density at radius 3 is 2.10 bits per heavy atom. The molecular weight excluding hydrogens is 250 g/mol. The number of carbonyl (C=O) groups is 1.